The Hall–Kier alpha value is -4.27. The van der Waals surface area contributed by atoms with E-state index < -0.39 is 24.0 Å². The van der Waals surface area contributed by atoms with Crippen molar-refractivity contribution < 1.29 is 29.0 Å². The van der Waals surface area contributed by atoms with Crippen molar-refractivity contribution >= 4 is 33.7 Å². The molecular weight excluding hydrogens is 464 g/mol. The number of aromatic amines is 1. The second-order valence-corrected chi connectivity index (χ2v) is 9.10. The zero-order valence-electron chi connectivity index (χ0n) is 19.6. The normalized spacial score (nSPS) is 14.8. The maximum Gasteiger partial charge on any atom is 0.339 e. The van der Waals surface area contributed by atoms with Crippen LogP contribution in [0.15, 0.2) is 51.8 Å². The number of aromatic hydroxyl groups is 1. The third-order valence-corrected chi connectivity index (χ3v) is 6.65. The van der Waals surface area contributed by atoms with Gasteiger partial charge in [0, 0.05) is 40.5 Å². The number of phenolic OH excluding ortho intramolecular Hbond substituents is 1. The van der Waals surface area contributed by atoms with E-state index in [0.29, 0.717) is 28.7 Å². The number of carboxylic acids is 1. The molecule has 186 valence electrons. The SMILES string of the molecule is C[C@@H](Oc1ccc2c3c(c(=O)oc2c1)CCCC3)C(=O)N[C@H](Cc1c[nH]c2ccc(O)cc12)C(=O)[O-]. The van der Waals surface area contributed by atoms with E-state index in [9.17, 15) is 24.6 Å². The summed E-state index contributed by atoms with van der Waals surface area (Å²) in [6, 6.07) is 8.50. The number of benzene rings is 2. The third kappa shape index (κ3) is 4.51. The molecule has 2 aromatic heterocycles. The van der Waals surface area contributed by atoms with Crippen LogP contribution in [0.5, 0.6) is 11.5 Å². The molecule has 0 radical (unpaired) electrons. The van der Waals surface area contributed by atoms with Crippen LogP contribution in [0.25, 0.3) is 21.9 Å². The molecular formula is C27H25N2O7-. The molecule has 1 amide bonds. The minimum absolute atomic E-state index is 0.0452. The van der Waals surface area contributed by atoms with Crippen LogP contribution >= 0.6 is 0 Å². The molecule has 0 aliphatic heterocycles. The van der Waals surface area contributed by atoms with Crippen molar-refractivity contribution in [2.45, 2.75) is 51.2 Å². The van der Waals surface area contributed by atoms with Gasteiger partial charge in [0.2, 0.25) is 0 Å². The smallest absolute Gasteiger partial charge is 0.339 e. The number of carbonyl (C=O) groups excluding carboxylic acids is 2. The molecule has 1 aliphatic carbocycles. The zero-order chi connectivity index (χ0) is 25.4. The van der Waals surface area contributed by atoms with Crippen molar-refractivity contribution in [1.29, 1.82) is 0 Å². The number of aliphatic carboxylic acids is 1. The molecule has 2 atom stereocenters. The number of amides is 1. The van der Waals surface area contributed by atoms with Crippen molar-refractivity contribution in [3.8, 4) is 11.5 Å². The van der Waals surface area contributed by atoms with Crippen molar-refractivity contribution in [3.63, 3.8) is 0 Å². The van der Waals surface area contributed by atoms with E-state index in [-0.39, 0.29) is 17.8 Å². The molecule has 9 heteroatoms. The molecule has 4 aromatic rings. The molecule has 0 saturated carbocycles. The Kier molecular flexibility index (Phi) is 6.13. The number of fused-ring (bicyclic) bond motifs is 4. The highest BCUT2D eigenvalue weighted by atomic mass is 16.5. The van der Waals surface area contributed by atoms with Crippen LogP contribution in [0.4, 0.5) is 0 Å². The van der Waals surface area contributed by atoms with Crippen LogP contribution in [0.2, 0.25) is 0 Å². The number of rotatable bonds is 7. The first-order chi connectivity index (χ1) is 17.3. The third-order valence-electron chi connectivity index (χ3n) is 6.65. The fourth-order valence-corrected chi connectivity index (χ4v) is 4.79. The summed E-state index contributed by atoms with van der Waals surface area (Å²) in [6.45, 7) is 1.50. The topological polar surface area (TPSA) is 145 Å². The Bertz CT molecular complexity index is 1530. The number of H-pyrrole nitrogens is 1. The van der Waals surface area contributed by atoms with E-state index in [2.05, 4.69) is 10.3 Å². The van der Waals surface area contributed by atoms with Gasteiger partial charge in [-0.15, -0.1) is 0 Å². The van der Waals surface area contributed by atoms with Gasteiger partial charge in [0.15, 0.2) is 6.10 Å². The molecule has 3 N–H and O–H groups in total. The van der Waals surface area contributed by atoms with E-state index in [1.165, 1.54) is 19.1 Å². The highest BCUT2D eigenvalue weighted by molar-refractivity contribution is 5.88. The van der Waals surface area contributed by atoms with Crippen LogP contribution in [0.3, 0.4) is 0 Å². The Morgan fingerprint density at radius 2 is 1.92 bits per heavy atom. The lowest BCUT2D eigenvalue weighted by Gasteiger charge is -2.22. The Labute approximate surface area is 205 Å². The second kappa shape index (κ2) is 9.41. The van der Waals surface area contributed by atoms with E-state index in [4.69, 9.17) is 9.15 Å². The Morgan fingerprint density at radius 3 is 2.69 bits per heavy atom. The van der Waals surface area contributed by atoms with Crippen molar-refractivity contribution in [2.75, 3.05) is 0 Å². The van der Waals surface area contributed by atoms with E-state index in [1.54, 1.807) is 24.4 Å². The first-order valence-electron chi connectivity index (χ1n) is 11.9. The molecule has 0 spiro atoms. The predicted octanol–water partition coefficient (Wildman–Crippen LogP) is 2.10. The van der Waals surface area contributed by atoms with Crippen LogP contribution in [-0.4, -0.2) is 34.1 Å². The fraction of sp³-hybridized carbons (Fsp3) is 0.296. The number of phenols is 1. The lowest BCUT2D eigenvalue weighted by molar-refractivity contribution is -0.308. The molecule has 0 unspecified atom stereocenters. The van der Waals surface area contributed by atoms with E-state index >= 15 is 0 Å². The van der Waals surface area contributed by atoms with Gasteiger partial charge in [0.25, 0.3) is 5.91 Å². The van der Waals surface area contributed by atoms with Crippen molar-refractivity contribution in [1.82, 2.24) is 10.3 Å². The van der Waals surface area contributed by atoms with Crippen LogP contribution in [0.1, 0.15) is 36.5 Å². The first-order valence-corrected chi connectivity index (χ1v) is 11.9. The summed E-state index contributed by atoms with van der Waals surface area (Å²) < 4.78 is 11.2. The van der Waals surface area contributed by atoms with Gasteiger partial charge in [-0.3, -0.25) is 4.79 Å². The van der Waals surface area contributed by atoms with E-state index in [1.807, 2.05) is 6.07 Å². The van der Waals surface area contributed by atoms with Gasteiger partial charge < -0.3 is 34.5 Å². The highest BCUT2D eigenvalue weighted by Gasteiger charge is 2.23. The number of aryl methyl sites for hydroxylation is 1. The standard InChI is InChI=1S/C27H26N2O7/c1-14(35-17-7-8-19-18-4-2-3-5-20(18)27(34)36-24(19)12-17)25(31)29-23(26(32)33)10-15-13-28-22-9-6-16(30)11-21(15)22/h6-9,11-14,23,28,30H,2-5,10H2,1H3,(H,29,31)(H,32,33)/p-1/t14-,23-/m1/s1. The summed E-state index contributed by atoms with van der Waals surface area (Å²) in [5.74, 6) is -1.71. The maximum absolute atomic E-state index is 12.8. The number of aromatic nitrogens is 1. The van der Waals surface area contributed by atoms with Gasteiger partial charge in [-0.25, -0.2) is 4.79 Å². The minimum Gasteiger partial charge on any atom is -0.548 e. The van der Waals surface area contributed by atoms with Gasteiger partial charge in [-0.1, -0.05) is 0 Å². The predicted molar refractivity (Wildman–Crippen MR) is 130 cm³/mol. The van der Waals surface area contributed by atoms with Crippen molar-refractivity contribution in [2.24, 2.45) is 0 Å². The Morgan fingerprint density at radius 1 is 1.14 bits per heavy atom. The summed E-state index contributed by atoms with van der Waals surface area (Å²) in [6.07, 6.45) is 4.07. The summed E-state index contributed by atoms with van der Waals surface area (Å²) in [5, 5.41) is 25.5. The molecule has 5 rings (SSSR count). The van der Waals surface area contributed by atoms with E-state index in [0.717, 1.165) is 41.3 Å². The summed E-state index contributed by atoms with van der Waals surface area (Å²) >= 11 is 0. The average Bonchev–Trinajstić information content (AvgIpc) is 3.25. The van der Waals surface area contributed by atoms with Crippen LogP contribution in [0, 0.1) is 0 Å². The largest absolute Gasteiger partial charge is 0.548 e. The van der Waals surface area contributed by atoms with Gasteiger partial charge in [0.1, 0.15) is 17.1 Å². The number of hydrogen-bond donors (Lipinski definition) is 3. The Balaban J connectivity index is 1.31. The second-order valence-electron chi connectivity index (χ2n) is 9.10. The van der Waals surface area contributed by atoms with Gasteiger partial charge in [-0.05, 0) is 74.1 Å². The lowest BCUT2D eigenvalue weighted by Crippen LogP contribution is -2.52. The molecule has 0 bridgehead atoms. The molecule has 1 aliphatic rings. The van der Waals surface area contributed by atoms with Crippen LogP contribution in [-0.2, 0) is 28.9 Å². The molecule has 0 fully saturated rings. The van der Waals surface area contributed by atoms with Gasteiger partial charge in [0.05, 0.1) is 12.0 Å². The lowest BCUT2D eigenvalue weighted by atomic mass is 9.91. The quantitative estimate of drug-likeness (QED) is 0.337. The van der Waals surface area contributed by atoms with Crippen LogP contribution < -0.4 is 20.8 Å². The number of hydrogen-bond acceptors (Lipinski definition) is 7. The molecule has 9 nitrogen and oxygen atoms in total. The maximum atomic E-state index is 12.8. The summed E-state index contributed by atoms with van der Waals surface area (Å²) in [4.78, 5) is 39.9. The number of nitrogens with one attached hydrogen (secondary N) is 2. The van der Waals surface area contributed by atoms with Crippen molar-refractivity contribution in [3.05, 3.63) is 69.7 Å². The summed E-state index contributed by atoms with van der Waals surface area (Å²) in [7, 11) is 0. The molecule has 36 heavy (non-hydrogen) atoms. The summed E-state index contributed by atoms with van der Waals surface area (Å²) in [5.41, 5.74) is 3.12. The number of carboxylic acid groups (broad SMARTS) is 1. The van der Waals surface area contributed by atoms with Gasteiger partial charge in [-0.2, -0.15) is 0 Å². The molecule has 0 saturated heterocycles. The fourth-order valence-electron chi connectivity index (χ4n) is 4.79. The zero-order valence-corrected chi connectivity index (χ0v) is 19.6. The minimum atomic E-state index is -1.44. The van der Waals surface area contributed by atoms with Gasteiger partial charge >= 0.3 is 5.63 Å². The number of ether oxygens (including phenoxy) is 1. The first kappa shape index (κ1) is 23.5. The monoisotopic (exact) mass is 489 g/mol. The molecule has 2 heterocycles. The molecule has 2 aromatic carbocycles. The average molecular weight is 490 g/mol. The highest BCUT2D eigenvalue weighted by Crippen LogP contribution is 2.29. The number of carbonyl (C=O) groups is 2.